The summed E-state index contributed by atoms with van der Waals surface area (Å²) in [5.41, 5.74) is 0.623. The van der Waals surface area contributed by atoms with Crippen molar-refractivity contribution in [3.05, 3.63) is 29.8 Å². The lowest BCUT2D eigenvalue weighted by Gasteiger charge is -1.93. The highest BCUT2D eigenvalue weighted by Gasteiger charge is 1.96. The van der Waals surface area contributed by atoms with E-state index in [0.717, 1.165) is 0 Å². The third kappa shape index (κ3) is 5.01. The minimum atomic E-state index is 0. The monoisotopic (exact) mass is 182 g/mol. The lowest BCUT2D eigenvalue weighted by Crippen LogP contribution is -1.89. The van der Waals surface area contributed by atoms with E-state index in [0.29, 0.717) is 5.56 Å². The minimum Gasteiger partial charge on any atom is -0.508 e. The maximum atomic E-state index is 10.7. The molecule has 0 heterocycles. The van der Waals surface area contributed by atoms with Crippen molar-refractivity contribution in [3.8, 4) is 5.75 Å². The summed E-state index contributed by atoms with van der Waals surface area (Å²) in [5, 5.41) is 8.83. The van der Waals surface area contributed by atoms with Gasteiger partial charge in [0.1, 0.15) is 5.75 Å². The van der Waals surface area contributed by atoms with E-state index in [1.54, 1.807) is 12.1 Å². The Morgan fingerprint density at radius 3 is 1.85 bits per heavy atom. The molecule has 0 aliphatic rings. The molecule has 13 heavy (non-hydrogen) atoms. The van der Waals surface area contributed by atoms with Crippen LogP contribution in [-0.2, 0) is 0 Å². The van der Waals surface area contributed by atoms with Gasteiger partial charge in [0.05, 0.1) is 0 Å². The maximum absolute atomic E-state index is 10.7. The summed E-state index contributed by atoms with van der Waals surface area (Å²) in [6.07, 6.45) is 0. The molecule has 0 aliphatic carbocycles. The summed E-state index contributed by atoms with van der Waals surface area (Å²) < 4.78 is 0. The van der Waals surface area contributed by atoms with E-state index in [9.17, 15) is 4.79 Å². The standard InChI is InChI=1S/C8H8O2.C2H6.CH4/c1-6(9)7-2-4-8(10)5-3-7;1-2;/h2-5,10H,1H3;1-2H3;1H4. The van der Waals surface area contributed by atoms with E-state index < -0.39 is 0 Å². The molecule has 0 unspecified atom stereocenters. The summed E-state index contributed by atoms with van der Waals surface area (Å²) in [5.74, 6) is 0.199. The molecule has 0 spiro atoms. The predicted octanol–water partition coefficient (Wildman–Crippen LogP) is 3.26. The van der Waals surface area contributed by atoms with Crippen molar-refractivity contribution in [3.63, 3.8) is 0 Å². The number of ketones is 1. The summed E-state index contributed by atoms with van der Waals surface area (Å²) >= 11 is 0. The van der Waals surface area contributed by atoms with E-state index in [-0.39, 0.29) is 19.0 Å². The van der Waals surface area contributed by atoms with Gasteiger partial charge in [-0.05, 0) is 31.2 Å². The Balaban J connectivity index is 0. The second kappa shape index (κ2) is 7.35. The van der Waals surface area contributed by atoms with E-state index >= 15 is 0 Å². The molecule has 1 N–H and O–H groups in total. The average Bonchev–Trinajstić information content (AvgIpc) is 2.09. The molecule has 2 nitrogen and oxygen atoms in total. The zero-order chi connectivity index (χ0) is 9.56. The Morgan fingerprint density at radius 2 is 1.54 bits per heavy atom. The number of hydrogen-bond acceptors (Lipinski definition) is 2. The second-order valence-electron chi connectivity index (χ2n) is 2.10. The largest absolute Gasteiger partial charge is 0.508 e. The van der Waals surface area contributed by atoms with E-state index in [1.807, 2.05) is 13.8 Å². The van der Waals surface area contributed by atoms with Crippen LogP contribution in [0, 0.1) is 0 Å². The van der Waals surface area contributed by atoms with Crippen molar-refractivity contribution in [2.24, 2.45) is 0 Å². The fourth-order valence-corrected chi connectivity index (χ4v) is 0.696. The first-order chi connectivity index (χ1) is 5.70. The van der Waals surface area contributed by atoms with Gasteiger partial charge in [-0.25, -0.2) is 0 Å². The average molecular weight is 182 g/mol. The van der Waals surface area contributed by atoms with E-state index in [1.165, 1.54) is 19.1 Å². The molecular weight excluding hydrogens is 164 g/mol. The van der Waals surface area contributed by atoms with Gasteiger partial charge in [0.15, 0.2) is 5.78 Å². The summed E-state index contributed by atoms with van der Waals surface area (Å²) in [6, 6.07) is 6.18. The Labute approximate surface area is 80.2 Å². The number of hydrogen-bond donors (Lipinski definition) is 1. The number of benzene rings is 1. The van der Waals surface area contributed by atoms with Gasteiger partial charge in [0.2, 0.25) is 0 Å². The van der Waals surface area contributed by atoms with Crippen LogP contribution in [-0.4, -0.2) is 10.9 Å². The van der Waals surface area contributed by atoms with Crippen LogP contribution in [0.5, 0.6) is 5.75 Å². The molecule has 2 heteroatoms. The zero-order valence-corrected chi connectivity index (χ0v) is 7.66. The lowest BCUT2D eigenvalue weighted by molar-refractivity contribution is 0.101. The highest BCUT2D eigenvalue weighted by molar-refractivity contribution is 5.94. The topological polar surface area (TPSA) is 37.3 Å². The van der Waals surface area contributed by atoms with Crippen molar-refractivity contribution in [1.29, 1.82) is 0 Å². The summed E-state index contributed by atoms with van der Waals surface area (Å²) in [4.78, 5) is 10.7. The van der Waals surface area contributed by atoms with Gasteiger partial charge in [-0.3, -0.25) is 4.79 Å². The van der Waals surface area contributed by atoms with Gasteiger partial charge < -0.3 is 5.11 Å². The van der Waals surface area contributed by atoms with Crippen LogP contribution in [0.2, 0.25) is 0 Å². The van der Waals surface area contributed by atoms with Crippen molar-refractivity contribution in [2.75, 3.05) is 0 Å². The molecule has 1 aromatic rings. The third-order valence-electron chi connectivity index (χ3n) is 1.27. The van der Waals surface area contributed by atoms with Crippen LogP contribution in [0.15, 0.2) is 24.3 Å². The van der Waals surface area contributed by atoms with Crippen LogP contribution in [0.1, 0.15) is 38.6 Å². The van der Waals surface area contributed by atoms with Gasteiger partial charge in [0, 0.05) is 5.56 Å². The molecule has 0 fully saturated rings. The second-order valence-corrected chi connectivity index (χ2v) is 2.10. The molecule has 1 rings (SSSR count). The van der Waals surface area contributed by atoms with Crippen molar-refractivity contribution < 1.29 is 9.90 Å². The van der Waals surface area contributed by atoms with Crippen molar-refractivity contribution >= 4 is 5.78 Å². The van der Waals surface area contributed by atoms with Crippen LogP contribution in [0.25, 0.3) is 0 Å². The maximum Gasteiger partial charge on any atom is 0.159 e. The number of carbonyl (C=O) groups excluding carboxylic acids is 1. The van der Waals surface area contributed by atoms with Gasteiger partial charge in [0.25, 0.3) is 0 Å². The highest BCUT2D eigenvalue weighted by Crippen LogP contribution is 2.09. The predicted molar refractivity (Wildman–Crippen MR) is 56.2 cm³/mol. The molecule has 0 radical (unpaired) electrons. The number of aromatic hydroxyl groups is 1. The van der Waals surface area contributed by atoms with Gasteiger partial charge in [-0.2, -0.15) is 0 Å². The number of rotatable bonds is 1. The first-order valence-electron chi connectivity index (χ1n) is 4.00. The number of phenols is 1. The summed E-state index contributed by atoms with van der Waals surface area (Å²) in [6.45, 7) is 5.49. The molecular formula is C11H18O2. The lowest BCUT2D eigenvalue weighted by atomic mass is 10.1. The smallest absolute Gasteiger partial charge is 0.159 e. The summed E-state index contributed by atoms with van der Waals surface area (Å²) in [7, 11) is 0. The Kier molecular flexibility index (Phi) is 8.04. The van der Waals surface area contributed by atoms with Crippen LogP contribution in [0.4, 0.5) is 0 Å². The third-order valence-corrected chi connectivity index (χ3v) is 1.27. The van der Waals surface area contributed by atoms with Crippen LogP contribution in [0.3, 0.4) is 0 Å². The SMILES string of the molecule is C.CC.CC(=O)c1ccc(O)cc1. The fourth-order valence-electron chi connectivity index (χ4n) is 0.696. The molecule has 0 aliphatic heterocycles. The number of Topliss-reactive ketones (excluding diaryl/α,β-unsaturated/α-hetero) is 1. The van der Waals surface area contributed by atoms with Gasteiger partial charge in [-0.15, -0.1) is 0 Å². The molecule has 74 valence electrons. The molecule has 0 aromatic heterocycles. The fraction of sp³-hybridized carbons (Fsp3) is 0.364. The molecule has 0 amide bonds. The van der Waals surface area contributed by atoms with Gasteiger partial charge >= 0.3 is 0 Å². The van der Waals surface area contributed by atoms with Crippen LogP contribution < -0.4 is 0 Å². The molecule has 0 atom stereocenters. The normalized spacial score (nSPS) is 7.62. The van der Waals surface area contributed by atoms with Gasteiger partial charge in [-0.1, -0.05) is 21.3 Å². The quantitative estimate of drug-likeness (QED) is 0.677. The number of carbonyl (C=O) groups is 1. The van der Waals surface area contributed by atoms with Crippen molar-refractivity contribution in [1.82, 2.24) is 0 Å². The minimum absolute atomic E-state index is 0. The van der Waals surface area contributed by atoms with Crippen molar-refractivity contribution in [2.45, 2.75) is 28.2 Å². The first kappa shape index (κ1) is 14.2. The van der Waals surface area contributed by atoms with E-state index in [2.05, 4.69) is 0 Å². The molecule has 0 bridgehead atoms. The van der Waals surface area contributed by atoms with Crippen LogP contribution >= 0.6 is 0 Å². The first-order valence-corrected chi connectivity index (χ1v) is 4.00. The molecule has 0 saturated carbocycles. The Hall–Kier alpha value is -1.31. The Morgan fingerprint density at radius 1 is 1.15 bits per heavy atom. The highest BCUT2D eigenvalue weighted by atomic mass is 16.3. The van der Waals surface area contributed by atoms with E-state index in [4.69, 9.17) is 5.11 Å². The molecule has 0 saturated heterocycles. The zero-order valence-electron chi connectivity index (χ0n) is 7.66. The number of phenolic OH excluding ortho intramolecular Hbond substituents is 1. The molecule has 1 aromatic carbocycles. The Bertz CT molecular complexity index is 237.